The van der Waals surface area contributed by atoms with Gasteiger partial charge in [-0.05, 0) is 48.9 Å². The van der Waals surface area contributed by atoms with E-state index < -0.39 is 42.4 Å². The Morgan fingerprint density at radius 1 is 0.882 bits per heavy atom. The Morgan fingerprint density at radius 3 is 2.15 bits per heavy atom. The van der Waals surface area contributed by atoms with Crippen molar-refractivity contribution in [2.75, 3.05) is 6.54 Å². The fraction of sp³-hybridized carbons (Fsp3) is 0.250. The molecule has 3 aromatic rings. The van der Waals surface area contributed by atoms with Gasteiger partial charge in [-0.1, -0.05) is 35.9 Å². The van der Waals surface area contributed by atoms with E-state index in [0.717, 1.165) is 11.6 Å². The van der Waals surface area contributed by atoms with E-state index in [4.69, 9.17) is 4.74 Å². The molecule has 3 nitrogen and oxygen atoms in total. The SMILES string of the molecule is Cc1ccc(Oc2cccc(C(NCC(O)C(F)(F)F)c3ccc(C(F)(F)F)cc3F)c2)cc1. The molecule has 34 heavy (non-hydrogen) atoms. The van der Waals surface area contributed by atoms with Gasteiger partial charge in [-0.15, -0.1) is 0 Å². The fourth-order valence-electron chi connectivity index (χ4n) is 3.19. The molecule has 0 radical (unpaired) electrons. The zero-order valence-electron chi connectivity index (χ0n) is 17.7. The van der Waals surface area contributed by atoms with Gasteiger partial charge in [0.05, 0.1) is 11.6 Å². The molecule has 0 aliphatic heterocycles. The van der Waals surface area contributed by atoms with Crippen LogP contribution < -0.4 is 10.1 Å². The zero-order valence-corrected chi connectivity index (χ0v) is 17.7. The number of ether oxygens (including phenoxy) is 1. The summed E-state index contributed by atoms with van der Waals surface area (Å²) < 4.78 is 97.6. The van der Waals surface area contributed by atoms with Crippen molar-refractivity contribution >= 4 is 0 Å². The summed E-state index contributed by atoms with van der Waals surface area (Å²) >= 11 is 0. The van der Waals surface area contributed by atoms with E-state index in [0.29, 0.717) is 11.8 Å². The molecule has 0 bridgehead atoms. The second kappa shape index (κ2) is 10.0. The highest BCUT2D eigenvalue weighted by molar-refractivity contribution is 5.40. The molecule has 2 N–H and O–H groups in total. The summed E-state index contributed by atoms with van der Waals surface area (Å²) in [6.07, 6.45) is -12.5. The molecule has 0 aliphatic rings. The number of hydrogen-bond donors (Lipinski definition) is 2. The Hall–Kier alpha value is -3.11. The monoisotopic (exact) mass is 487 g/mol. The largest absolute Gasteiger partial charge is 0.457 e. The van der Waals surface area contributed by atoms with E-state index >= 15 is 0 Å². The Bertz CT molecular complexity index is 1110. The minimum absolute atomic E-state index is 0.220. The molecule has 0 saturated heterocycles. The van der Waals surface area contributed by atoms with Gasteiger partial charge in [0.15, 0.2) is 6.10 Å². The molecule has 10 heteroatoms. The van der Waals surface area contributed by atoms with Crippen molar-refractivity contribution in [3.63, 3.8) is 0 Å². The standard InChI is InChI=1S/C24H20F7NO2/c1-14-5-8-17(9-6-14)34-18-4-2-3-15(11-18)22(32-13-21(33)24(29,30)31)19-10-7-16(12-20(19)25)23(26,27)28/h2-12,21-22,32-33H,13H2,1H3. The number of nitrogens with one attached hydrogen (secondary N) is 1. The van der Waals surface area contributed by atoms with Crippen molar-refractivity contribution in [2.24, 2.45) is 0 Å². The quantitative estimate of drug-likeness (QED) is 0.372. The van der Waals surface area contributed by atoms with Crippen LogP contribution >= 0.6 is 0 Å². The predicted octanol–water partition coefficient (Wildman–Crippen LogP) is 6.55. The number of aliphatic hydroxyl groups is 1. The normalized spacial score (nSPS) is 14.0. The first-order chi connectivity index (χ1) is 15.8. The van der Waals surface area contributed by atoms with Crippen LogP contribution in [0.15, 0.2) is 66.7 Å². The molecule has 0 aliphatic carbocycles. The highest BCUT2D eigenvalue weighted by Crippen LogP contribution is 2.34. The van der Waals surface area contributed by atoms with E-state index in [1.54, 1.807) is 30.3 Å². The molecule has 0 aromatic heterocycles. The number of hydrogen-bond acceptors (Lipinski definition) is 3. The van der Waals surface area contributed by atoms with Crippen LogP contribution in [0.1, 0.15) is 28.3 Å². The lowest BCUT2D eigenvalue weighted by molar-refractivity contribution is -0.202. The third-order valence-corrected chi connectivity index (χ3v) is 4.98. The Morgan fingerprint density at radius 2 is 1.56 bits per heavy atom. The van der Waals surface area contributed by atoms with E-state index in [1.165, 1.54) is 18.2 Å². The van der Waals surface area contributed by atoms with Crippen molar-refractivity contribution in [1.82, 2.24) is 5.32 Å². The van der Waals surface area contributed by atoms with Gasteiger partial charge in [0.25, 0.3) is 0 Å². The Kier molecular flexibility index (Phi) is 7.52. The maximum absolute atomic E-state index is 14.7. The summed E-state index contributed by atoms with van der Waals surface area (Å²) in [6, 6.07) is 13.4. The van der Waals surface area contributed by atoms with Gasteiger partial charge in [0.1, 0.15) is 17.3 Å². The summed E-state index contributed by atoms with van der Waals surface area (Å²) in [7, 11) is 0. The third-order valence-electron chi connectivity index (χ3n) is 4.98. The Labute approximate surface area is 190 Å². The second-order valence-electron chi connectivity index (χ2n) is 7.62. The summed E-state index contributed by atoms with van der Waals surface area (Å²) in [6.45, 7) is 0.867. The van der Waals surface area contributed by atoms with Crippen LogP contribution in [0.25, 0.3) is 0 Å². The number of rotatable bonds is 7. The lowest BCUT2D eigenvalue weighted by Gasteiger charge is -2.24. The van der Waals surface area contributed by atoms with Crippen LogP contribution in [0.4, 0.5) is 30.7 Å². The average Bonchev–Trinajstić information content (AvgIpc) is 2.75. The lowest BCUT2D eigenvalue weighted by atomic mass is 9.96. The topological polar surface area (TPSA) is 41.5 Å². The molecule has 2 unspecified atom stereocenters. The lowest BCUT2D eigenvalue weighted by Crippen LogP contribution is -2.40. The van der Waals surface area contributed by atoms with Crippen LogP contribution in [0, 0.1) is 12.7 Å². The minimum Gasteiger partial charge on any atom is -0.457 e. The van der Waals surface area contributed by atoms with Gasteiger partial charge in [-0.2, -0.15) is 26.3 Å². The molecular formula is C24H20F7NO2. The van der Waals surface area contributed by atoms with Gasteiger partial charge in [-0.3, -0.25) is 0 Å². The summed E-state index contributed by atoms with van der Waals surface area (Å²) in [4.78, 5) is 0. The van der Waals surface area contributed by atoms with E-state index in [-0.39, 0.29) is 22.9 Å². The van der Waals surface area contributed by atoms with Crippen molar-refractivity contribution in [1.29, 1.82) is 0 Å². The number of benzene rings is 3. The van der Waals surface area contributed by atoms with Crippen molar-refractivity contribution < 1.29 is 40.6 Å². The number of aryl methyl sites for hydroxylation is 1. The highest BCUT2D eigenvalue weighted by Gasteiger charge is 2.38. The predicted molar refractivity (Wildman–Crippen MR) is 111 cm³/mol. The van der Waals surface area contributed by atoms with Gasteiger partial charge in [0.2, 0.25) is 0 Å². The first-order valence-electron chi connectivity index (χ1n) is 10.0. The van der Waals surface area contributed by atoms with Crippen LogP contribution in [-0.4, -0.2) is 23.9 Å². The average molecular weight is 487 g/mol. The smallest absolute Gasteiger partial charge is 0.416 e. The molecule has 2 atom stereocenters. The first-order valence-corrected chi connectivity index (χ1v) is 10.0. The van der Waals surface area contributed by atoms with Crippen LogP contribution in [0.3, 0.4) is 0 Å². The first kappa shape index (κ1) is 25.5. The molecule has 0 amide bonds. The molecule has 182 valence electrons. The van der Waals surface area contributed by atoms with Crippen LogP contribution in [-0.2, 0) is 6.18 Å². The number of aliphatic hydroxyl groups excluding tert-OH is 1. The maximum Gasteiger partial charge on any atom is 0.416 e. The maximum atomic E-state index is 14.7. The molecule has 3 rings (SSSR count). The molecule has 0 heterocycles. The summed E-state index contributed by atoms with van der Waals surface area (Å²) in [5.74, 6) is -0.518. The Balaban J connectivity index is 1.96. The van der Waals surface area contributed by atoms with Gasteiger partial charge >= 0.3 is 12.4 Å². The van der Waals surface area contributed by atoms with E-state index in [1.807, 2.05) is 6.92 Å². The van der Waals surface area contributed by atoms with Crippen molar-refractivity contribution in [3.8, 4) is 11.5 Å². The van der Waals surface area contributed by atoms with Gasteiger partial charge in [-0.25, -0.2) is 4.39 Å². The number of alkyl halides is 6. The molecule has 0 spiro atoms. The second-order valence-corrected chi connectivity index (χ2v) is 7.62. The number of halogens is 7. The minimum atomic E-state index is -4.94. The van der Waals surface area contributed by atoms with Gasteiger partial charge in [0, 0.05) is 12.1 Å². The summed E-state index contributed by atoms with van der Waals surface area (Å²) in [5.41, 5.74) is -0.349. The highest BCUT2D eigenvalue weighted by atomic mass is 19.4. The molecule has 0 fully saturated rings. The fourth-order valence-corrected chi connectivity index (χ4v) is 3.19. The van der Waals surface area contributed by atoms with Crippen LogP contribution in [0.2, 0.25) is 0 Å². The molecule has 3 aromatic carbocycles. The molecule has 0 saturated carbocycles. The zero-order chi connectivity index (χ0) is 25.1. The molecular weight excluding hydrogens is 467 g/mol. The van der Waals surface area contributed by atoms with Crippen LogP contribution in [0.5, 0.6) is 11.5 Å². The van der Waals surface area contributed by atoms with Crippen molar-refractivity contribution in [2.45, 2.75) is 31.4 Å². The van der Waals surface area contributed by atoms with E-state index in [9.17, 15) is 35.8 Å². The van der Waals surface area contributed by atoms with E-state index in [2.05, 4.69) is 5.32 Å². The third kappa shape index (κ3) is 6.48. The summed E-state index contributed by atoms with van der Waals surface area (Å²) in [5, 5.41) is 11.8. The van der Waals surface area contributed by atoms with Crippen molar-refractivity contribution in [3.05, 3.63) is 94.8 Å². The van der Waals surface area contributed by atoms with Gasteiger partial charge < -0.3 is 15.2 Å².